The molecule has 1 aliphatic carbocycles. The Bertz CT molecular complexity index is 599. The van der Waals surface area contributed by atoms with Crippen molar-refractivity contribution in [2.45, 2.75) is 25.5 Å². The van der Waals surface area contributed by atoms with Crippen LogP contribution in [0.5, 0.6) is 0 Å². The van der Waals surface area contributed by atoms with Crippen molar-refractivity contribution in [3.63, 3.8) is 0 Å². The number of hydrogen-bond acceptors (Lipinski definition) is 3. The van der Waals surface area contributed by atoms with Crippen molar-refractivity contribution < 1.29 is 5.11 Å². The third kappa shape index (κ3) is 1.42. The maximum atomic E-state index is 11.8. The van der Waals surface area contributed by atoms with Gasteiger partial charge in [0.05, 0.1) is 17.6 Å². The maximum Gasteiger partial charge on any atom is 0.251 e. The minimum absolute atomic E-state index is 0.0203. The largest absolute Gasteiger partial charge is 0.392 e. The molecule has 0 saturated heterocycles. The molecule has 0 radical (unpaired) electrons. The van der Waals surface area contributed by atoms with E-state index in [0.29, 0.717) is 6.04 Å². The first-order valence-corrected chi connectivity index (χ1v) is 5.40. The van der Waals surface area contributed by atoms with E-state index in [1.54, 1.807) is 22.9 Å². The summed E-state index contributed by atoms with van der Waals surface area (Å²) in [5.41, 5.74) is 2.41. The quantitative estimate of drug-likeness (QED) is 0.821. The van der Waals surface area contributed by atoms with Crippen molar-refractivity contribution in [1.82, 2.24) is 9.55 Å². The first-order valence-electron chi connectivity index (χ1n) is 5.40. The first-order chi connectivity index (χ1) is 7.79. The Labute approximate surface area is 92.2 Å². The van der Waals surface area contributed by atoms with Crippen LogP contribution in [0.4, 0.5) is 0 Å². The second-order valence-corrected chi connectivity index (χ2v) is 4.18. The zero-order valence-electron chi connectivity index (χ0n) is 8.76. The zero-order chi connectivity index (χ0) is 11.1. The molecule has 3 rings (SSSR count). The summed E-state index contributed by atoms with van der Waals surface area (Å²) < 4.78 is 1.79. The predicted octanol–water partition coefficient (Wildman–Crippen LogP) is 1.22. The summed E-state index contributed by atoms with van der Waals surface area (Å²) in [6.07, 6.45) is 3.76. The molecule has 1 N–H and O–H groups in total. The molecule has 0 aromatic carbocycles. The monoisotopic (exact) mass is 216 g/mol. The number of aromatic nitrogens is 2. The van der Waals surface area contributed by atoms with Gasteiger partial charge in [-0.2, -0.15) is 0 Å². The SMILES string of the molecule is O=c1ccc2ncc(CO)cc2n1C1CC1. The summed E-state index contributed by atoms with van der Waals surface area (Å²) >= 11 is 0. The topological polar surface area (TPSA) is 55.1 Å². The molecule has 1 aliphatic rings. The van der Waals surface area contributed by atoms with Gasteiger partial charge in [0.15, 0.2) is 0 Å². The molecule has 2 aromatic heterocycles. The van der Waals surface area contributed by atoms with E-state index >= 15 is 0 Å². The Balaban J connectivity index is 2.34. The fourth-order valence-corrected chi connectivity index (χ4v) is 1.97. The first kappa shape index (κ1) is 9.54. The minimum atomic E-state index is -0.0449. The van der Waals surface area contributed by atoms with Crippen molar-refractivity contribution in [2.24, 2.45) is 0 Å². The third-order valence-corrected chi connectivity index (χ3v) is 2.93. The molecule has 0 aliphatic heterocycles. The van der Waals surface area contributed by atoms with Gasteiger partial charge in [0, 0.05) is 18.3 Å². The molecule has 4 nitrogen and oxygen atoms in total. The summed E-state index contributed by atoms with van der Waals surface area (Å²) in [4.78, 5) is 16.0. The summed E-state index contributed by atoms with van der Waals surface area (Å²) in [6, 6.07) is 5.47. The van der Waals surface area contributed by atoms with Gasteiger partial charge in [0.1, 0.15) is 0 Å². The third-order valence-electron chi connectivity index (χ3n) is 2.93. The Morgan fingerprint density at radius 1 is 1.44 bits per heavy atom. The summed E-state index contributed by atoms with van der Waals surface area (Å²) in [6.45, 7) is -0.0449. The Morgan fingerprint density at radius 2 is 2.25 bits per heavy atom. The van der Waals surface area contributed by atoms with Gasteiger partial charge in [0.2, 0.25) is 0 Å². The number of aliphatic hydroxyl groups excluding tert-OH is 1. The van der Waals surface area contributed by atoms with Gasteiger partial charge in [-0.25, -0.2) is 0 Å². The van der Waals surface area contributed by atoms with Crippen LogP contribution in [-0.4, -0.2) is 14.7 Å². The molecule has 0 unspecified atom stereocenters. The van der Waals surface area contributed by atoms with E-state index in [1.165, 1.54) is 0 Å². The molecule has 82 valence electrons. The number of aliphatic hydroxyl groups is 1. The highest BCUT2D eigenvalue weighted by Crippen LogP contribution is 2.35. The molecule has 16 heavy (non-hydrogen) atoms. The van der Waals surface area contributed by atoms with Crippen LogP contribution in [0.25, 0.3) is 11.0 Å². The molecular formula is C12H12N2O2. The van der Waals surface area contributed by atoms with E-state index in [1.807, 2.05) is 6.07 Å². The number of rotatable bonds is 2. The van der Waals surface area contributed by atoms with E-state index in [2.05, 4.69) is 4.98 Å². The highest BCUT2D eigenvalue weighted by Gasteiger charge is 2.26. The molecule has 0 spiro atoms. The standard InChI is InChI=1S/C12H12N2O2/c15-7-8-5-11-10(13-6-8)3-4-12(16)14(11)9-1-2-9/h3-6,9,15H,1-2,7H2. The highest BCUT2D eigenvalue weighted by atomic mass is 16.3. The zero-order valence-corrected chi connectivity index (χ0v) is 8.76. The summed E-state index contributed by atoms with van der Waals surface area (Å²) in [7, 11) is 0. The van der Waals surface area contributed by atoms with Gasteiger partial charge in [-0.1, -0.05) is 0 Å². The second kappa shape index (κ2) is 3.42. The Hall–Kier alpha value is -1.68. The second-order valence-electron chi connectivity index (χ2n) is 4.18. The lowest BCUT2D eigenvalue weighted by Gasteiger charge is -2.08. The molecule has 2 heterocycles. The fraction of sp³-hybridized carbons (Fsp3) is 0.333. The lowest BCUT2D eigenvalue weighted by Crippen LogP contribution is -2.18. The predicted molar refractivity (Wildman–Crippen MR) is 60.2 cm³/mol. The van der Waals surface area contributed by atoms with Gasteiger partial charge >= 0.3 is 0 Å². The van der Waals surface area contributed by atoms with Crippen molar-refractivity contribution in [1.29, 1.82) is 0 Å². The summed E-state index contributed by atoms with van der Waals surface area (Å²) in [5, 5.41) is 9.08. The normalized spacial score (nSPS) is 15.6. The molecule has 4 heteroatoms. The molecule has 2 aromatic rings. The van der Waals surface area contributed by atoms with E-state index < -0.39 is 0 Å². The molecular weight excluding hydrogens is 204 g/mol. The average molecular weight is 216 g/mol. The maximum absolute atomic E-state index is 11.8. The molecule has 0 atom stereocenters. The molecule has 0 bridgehead atoms. The van der Waals surface area contributed by atoms with Crippen molar-refractivity contribution in [3.05, 3.63) is 40.3 Å². The van der Waals surface area contributed by atoms with E-state index in [9.17, 15) is 4.79 Å². The van der Waals surface area contributed by atoms with E-state index in [4.69, 9.17) is 5.11 Å². The molecule has 1 saturated carbocycles. The average Bonchev–Trinajstić information content (AvgIpc) is 3.12. The Morgan fingerprint density at radius 3 is 2.94 bits per heavy atom. The van der Waals surface area contributed by atoms with Gasteiger partial charge in [-0.15, -0.1) is 0 Å². The van der Waals surface area contributed by atoms with Crippen LogP contribution in [0.2, 0.25) is 0 Å². The fourth-order valence-electron chi connectivity index (χ4n) is 1.97. The van der Waals surface area contributed by atoms with Crippen LogP contribution in [-0.2, 0) is 6.61 Å². The number of pyridine rings is 2. The van der Waals surface area contributed by atoms with Gasteiger partial charge in [-0.05, 0) is 30.5 Å². The van der Waals surface area contributed by atoms with Crippen LogP contribution >= 0.6 is 0 Å². The van der Waals surface area contributed by atoms with Gasteiger partial charge in [-0.3, -0.25) is 9.78 Å². The van der Waals surface area contributed by atoms with Crippen LogP contribution < -0.4 is 5.56 Å². The number of hydrogen-bond donors (Lipinski definition) is 1. The highest BCUT2D eigenvalue weighted by molar-refractivity contribution is 5.75. The lowest BCUT2D eigenvalue weighted by atomic mass is 10.2. The van der Waals surface area contributed by atoms with Crippen LogP contribution in [0.3, 0.4) is 0 Å². The van der Waals surface area contributed by atoms with Gasteiger partial charge < -0.3 is 9.67 Å². The van der Waals surface area contributed by atoms with Crippen LogP contribution in [0.15, 0.2) is 29.2 Å². The van der Waals surface area contributed by atoms with Crippen LogP contribution in [0, 0.1) is 0 Å². The Kier molecular flexibility index (Phi) is 2.04. The van der Waals surface area contributed by atoms with E-state index in [-0.39, 0.29) is 12.2 Å². The lowest BCUT2D eigenvalue weighted by molar-refractivity contribution is 0.281. The molecule has 0 amide bonds. The minimum Gasteiger partial charge on any atom is -0.392 e. The van der Waals surface area contributed by atoms with E-state index in [0.717, 1.165) is 29.4 Å². The van der Waals surface area contributed by atoms with Gasteiger partial charge in [0.25, 0.3) is 5.56 Å². The summed E-state index contributed by atoms with van der Waals surface area (Å²) in [5.74, 6) is 0. The number of nitrogens with zero attached hydrogens (tertiary/aromatic N) is 2. The van der Waals surface area contributed by atoms with Crippen LogP contribution in [0.1, 0.15) is 24.4 Å². The van der Waals surface area contributed by atoms with Crippen molar-refractivity contribution in [2.75, 3.05) is 0 Å². The smallest absolute Gasteiger partial charge is 0.251 e. The van der Waals surface area contributed by atoms with Crippen molar-refractivity contribution >= 4 is 11.0 Å². The molecule has 1 fully saturated rings. The van der Waals surface area contributed by atoms with Crippen molar-refractivity contribution in [3.8, 4) is 0 Å². The number of fused-ring (bicyclic) bond motifs is 1.